The van der Waals surface area contributed by atoms with Crippen LogP contribution in [0.5, 0.6) is 17.2 Å². The van der Waals surface area contributed by atoms with Crippen LogP contribution in [0, 0.1) is 11.3 Å². The summed E-state index contributed by atoms with van der Waals surface area (Å²) in [5.74, 6) is 3.40. The molecular formula is C25H22N4O3S. The molecule has 0 bridgehead atoms. The van der Waals surface area contributed by atoms with Crippen molar-refractivity contribution in [2.75, 3.05) is 21.3 Å². The van der Waals surface area contributed by atoms with E-state index in [1.165, 1.54) is 0 Å². The van der Waals surface area contributed by atoms with Crippen LogP contribution in [0.15, 0.2) is 71.9 Å². The Labute approximate surface area is 196 Å². The molecule has 1 aromatic heterocycles. The van der Waals surface area contributed by atoms with Crippen LogP contribution in [0.25, 0.3) is 17.1 Å². The number of nitrogens with zero attached hydrogens (tertiary/aromatic N) is 4. The Balaban J connectivity index is 1.73. The van der Waals surface area contributed by atoms with Gasteiger partial charge >= 0.3 is 0 Å². The van der Waals surface area contributed by atoms with Gasteiger partial charge < -0.3 is 14.2 Å². The lowest BCUT2D eigenvalue weighted by Crippen LogP contribution is -2.00. The van der Waals surface area contributed by atoms with Gasteiger partial charge in [0.15, 0.2) is 22.5 Å². The van der Waals surface area contributed by atoms with Crippen LogP contribution >= 0.6 is 11.8 Å². The first-order valence-electron chi connectivity index (χ1n) is 10.1. The number of nitriles is 1. The van der Waals surface area contributed by atoms with E-state index in [0.717, 1.165) is 27.7 Å². The van der Waals surface area contributed by atoms with Crippen molar-refractivity contribution < 1.29 is 14.2 Å². The Morgan fingerprint density at radius 1 is 0.848 bits per heavy atom. The summed E-state index contributed by atoms with van der Waals surface area (Å²) < 4.78 is 18.2. The molecule has 0 saturated carbocycles. The third-order valence-electron chi connectivity index (χ3n) is 5.06. The molecule has 0 aliphatic rings. The van der Waals surface area contributed by atoms with Gasteiger partial charge in [0.2, 0.25) is 0 Å². The fourth-order valence-electron chi connectivity index (χ4n) is 3.31. The maximum atomic E-state index is 9.01. The van der Waals surface area contributed by atoms with Gasteiger partial charge in [0.1, 0.15) is 5.75 Å². The minimum Gasteiger partial charge on any atom is -0.497 e. The minimum absolute atomic E-state index is 0.617. The Kier molecular flexibility index (Phi) is 6.81. The number of benzene rings is 3. The van der Waals surface area contributed by atoms with E-state index in [-0.39, 0.29) is 0 Å². The normalized spacial score (nSPS) is 10.5. The van der Waals surface area contributed by atoms with Crippen molar-refractivity contribution in [1.82, 2.24) is 14.8 Å². The van der Waals surface area contributed by atoms with Gasteiger partial charge in [0, 0.05) is 17.0 Å². The second-order valence-corrected chi connectivity index (χ2v) is 7.95. The molecule has 0 saturated heterocycles. The van der Waals surface area contributed by atoms with Gasteiger partial charge in [-0.1, -0.05) is 23.9 Å². The molecule has 0 aliphatic heterocycles. The van der Waals surface area contributed by atoms with E-state index in [4.69, 9.17) is 19.5 Å². The molecule has 0 radical (unpaired) electrons. The Morgan fingerprint density at radius 2 is 1.58 bits per heavy atom. The maximum absolute atomic E-state index is 9.01. The van der Waals surface area contributed by atoms with Crippen molar-refractivity contribution in [1.29, 1.82) is 5.26 Å². The molecule has 0 spiro atoms. The molecule has 4 aromatic rings. The van der Waals surface area contributed by atoms with E-state index in [1.54, 1.807) is 33.1 Å². The molecule has 0 atom stereocenters. The molecule has 0 unspecified atom stereocenters. The standard InChI is InChI=1S/C25H22N4O3S/c1-30-21-11-9-20(10-12-21)29-24(19-8-13-22(31-2)23(14-19)32-3)27-28-25(29)33-16-18-6-4-17(15-26)5-7-18/h4-14H,16H2,1-3H3. The van der Waals surface area contributed by atoms with Crippen LogP contribution in [-0.2, 0) is 5.75 Å². The van der Waals surface area contributed by atoms with Crippen molar-refractivity contribution in [2.24, 2.45) is 0 Å². The van der Waals surface area contributed by atoms with Gasteiger partial charge in [0.25, 0.3) is 0 Å². The highest BCUT2D eigenvalue weighted by atomic mass is 32.2. The van der Waals surface area contributed by atoms with Crippen molar-refractivity contribution >= 4 is 11.8 Å². The van der Waals surface area contributed by atoms with Gasteiger partial charge in [-0.2, -0.15) is 5.26 Å². The fraction of sp³-hybridized carbons (Fsp3) is 0.160. The van der Waals surface area contributed by atoms with E-state index < -0.39 is 0 Å². The first-order valence-corrected chi connectivity index (χ1v) is 11.1. The first kappa shape index (κ1) is 22.2. The minimum atomic E-state index is 0.617. The summed E-state index contributed by atoms with van der Waals surface area (Å²) >= 11 is 1.57. The maximum Gasteiger partial charge on any atom is 0.196 e. The van der Waals surface area contributed by atoms with Crippen molar-refractivity contribution in [3.05, 3.63) is 77.9 Å². The predicted molar refractivity (Wildman–Crippen MR) is 127 cm³/mol. The average Bonchev–Trinajstić information content (AvgIpc) is 3.31. The quantitative estimate of drug-likeness (QED) is 0.339. The second-order valence-electron chi connectivity index (χ2n) is 7.01. The summed E-state index contributed by atoms with van der Waals surface area (Å²) in [7, 11) is 4.85. The largest absolute Gasteiger partial charge is 0.497 e. The molecule has 0 aliphatic carbocycles. The Bertz CT molecular complexity index is 1280. The highest BCUT2D eigenvalue weighted by molar-refractivity contribution is 7.98. The Hall–Kier alpha value is -3.96. The fourth-order valence-corrected chi connectivity index (χ4v) is 4.22. The first-order chi connectivity index (χ1) is 16.2. The number of rotatable bonds is 8. The van der Waals surface area contributed by atoms with E-state index in [0.29, 0.717) is 28.6 Å². The van der Waals surface area contributed by atoms with Crippen LogP contribution in [0.2, 0.25) is 0 Å². The summed E-state index contributed by atoms with van der Waals surface area (Å²) in [6.45, 7) is 0. The molecule has 8 heteroatoms. The molecule has 166 valence electrons. The Morgan fingerprint density at radius 3 is 2.21 bits per heavy atom. The van der Waals surface area contributed by atoms with Crippen LogP contribution in [0.4, 0.5) is 0 Å². The zero-order chi connectivity index (χ0) is 23.2. The van der Waals surface area contributed by atoms with Crippen molar-refractivity contribution in [3.8, 4) is 40.4 Å². The number of thioether (sulfide) groups is 1. The van der Waals surface area contributed by atoms with Crippen LogP contribution < -0.4 is 14.2 Å². The van der Waals surface area contributed by atoms with Crippen LogP contribution in [-0.4, -0.2) is 36.1 Å². The topological polar surface area (TPSA) is 82.2 Å². The predicted octanol–water partition coefficient (Wildman–Crippen LogP) is 5.12. The molecule has 0 fully saturated rings. The second kappa shape index (κ2) is 10.1. The van der Waals surface area contributed by atoms with Crippen LogP contribution in [0.3, 0.4) is 0 Å². The molecule has 3 aromatic carbocycles. The molecule has 7 nitrogen and oxygen atoms in total. The lowest BCUT2D eigenvalue weighted by molar-refractivity contribution is 0.355. The molecule has 33 heavy (non-hydrogen) atoms. The zero-order valence-electron chi connectivity index (χ0n) is 18.5. The van der Waals surface area contributed by atoms with E-state index in [2.05, 4.69) is 16.3 Å². The lowest BCUT2D eigenvalue weighted by atomic mass is 10.2. The smallest absolute Gasteiger partial charge is 0.196 e. The molecule has 1 heterocycles. The summed E-state index contributed by atoms with van der Waals surface area (Å²) in [4.78, 5) is 0. The van der Waals surface area contributed by atoms with E-state index in [9.17, 15) is 0 Å². The third kappa shape index (κ3) is 4.78. The highest BCUT2D eigenvalue weighted by Crippen LogP contribution is 2.35. The van der Waals surface area contributed by atoms with Gasteiger partial charge in [-0.15, -0.1) is 10.2 Å². The number of hydrogen-bond donors (Lipinski definition) is 0. The molecule has 0 amide bonds. The highest BCUT2D eigenvalue weighted by Gasteiger charge is 2.18. The summed E-state index contributed by atoms with van der Waals surface area (Å²) in [6, 6.07) is 23.1. The van der Waals surface area contributed by atoms with Crippen molar-refractivity contribution in [3.63, 3.8) is 0 Å². The molecule has 0 N–H and O–H groups in total. The number of ether oxygens (including phenoxy) is 3. The number of hydrogen-bond acceptors (Lipinski definition) is 7. The average molecular weight is 459 g/mol. The molecule has 4 rings (SSSR count). The zero-order valence-corrected chi connectivity index (χ0v) is 19.3. The number of methoxy groups -OCH3 is 3. The summed E-state index contributed by atoms with van der Waals surface area (Å²) in [6.07, 6.45) is 0. The van der Waals surface area contributed by atoms with Gasteiger partial charge in [0.05, 0.1) is 33.0 Å². The number of aromatic nitrogens is 3. The van der Waals surface area contributed by atoms with Crippen LogP contribution in [0.1, 0.15) is 11.1 Å². The SMILES string of the molecule is COc1ccc(-n2c(SCc3ccc(C#N)cc3)nnc2-c2ccc(OC)c(OC)c2)cc1. The lowest BCUT2D eigenvalue weighted by Gasteiger charge is -2.13. The van der Waals surface area contributed by atoms with Gasteiger partial charge in [-0.3, -0.25) is 4.57 Å². The summed E-state index contributed by atoms with van der Waals surface area (Å²) in [5, 5.41) is 18.7. The monoisotopic (exact) mass is 458 g/mol. The van der Waals surface area contributed by atoms with E-state index in [1.807, 2.05) is 71.3 Å². The van der Waals surface area contributed by atoms with Gasteiger partial charge in [-0.05, 0) is 60.2 Å². The molecular weight excluding hydrogens is 436 g/mol. The van der Waals surface area contributed by atoms with E-state index >= 15 is 0 Å². The van der Waals surface area contributed by atoms with Crippen molar-refractivity contribution in [2.45, 2.75) is 10.9 Å². The third-order valence-corrected chi connectivity index (χ3v) is 6.06. The van der Waals surface area contributed by atoms with Gasteiger partial charge in [-0.25, -0.2) is 0 Å². The summed E-state index contributed by atoms with van der Waals surface area (Å²) in [5.41, 5.74) is 3.49.